The van der Waals surface area contributed by atoms with E-state index in [1.807, 2.05) is 48.4 Å². The van der Waals surface area contributed by atoms with Crippen LogP contribution in [0.15, 0.2) is 72.1 Å². The lowest BCUT2D eigenvalue weighted by atomic mass is 10.0. The van der Waals surface area contributed by atoms with Crippen molar-refractivity contribution in [2.45, 2.75) is 19.4 Å². The van der Waals surface area contributed by atoms with Crippen LogP contribution in [0.5, 0.6) is 0 Å². The molecule has 192 valence electrons. The van der Waals surface area contributed by atoms with Gasteiger partial charge in [0.2, 0.25) is 0 Å². The summed E-state index contributed by atoms with van der Waals surface area (Å²) in [5.41, 5.74) is 1.36. The molecule has 0 bridgehead atoms. The molecular weight excluding hydrogens is 529 g/mol. The van der Waals surface area contributed by atoms with Crippen molar-refractivity contribution < 1.29 is 23.3 Å². The van der Waals surface area contributed by atoms with Gasteiger partial charge in [-0.05, 0) is 78.9 Å². The molecule has 38 heavy (non-hydrogen) atoms. The number of carbonyl (C=O) groups is 2. The minimum atomic E-state index is -1.33. The molecule has 3 aromatic rings. The van der Waals surface area contributed by atoms with Crippen molar-refractivity contribution in [1.29, 1.82) is 5.26 Å². The zero-order valence-corrected chi connectivity index (χ0v) is 21.9. The maximum atomic E-state index is 14.3. The van der Waals surface area contributed by atoms with Crippen LogP contribution < -0.4 is 9.80 Å². The van der Waals surface area contributed by atoms with E-state index in [0.29, 0.717) is 39.8 Å². The number of rotatable bonds is 4. The number of anilines is 2. The van der Waals surface area contributed by atoms with E-state index < -0.39 is 33.7 Å². The van der Waals surface area contributed by atoms with Crippen LogP contribution in [0.2, 0.25) is 5.02 Å². The molecule has 1 amide bonds. The first-order valence-corrected chi connectivity index (χ1v) is 13.1. The number of aromatic carboxylic acids is 1. The second kappa shape index (κ2) is 9.72. The van der Waals surface area contributed by atoms with Gasteiger partial charge in [0.1, 0.15) is 17.4 Å². The quantitative estimate of drug-likeness (QED) is 0.392. The highest BCUT2D eigenvalue weighted by molar-refractivity contribution is 8.15. The average Bonchev–Trinajstić information content (AvgIpc) is 3.49. The summed E-state index contributed by atoms with van der Waals surface area (Å²) < 4.78 is 20.2. The standard InChI is InChI=1S/C28H21ClFN3O4S/c1-28(2)26(36)32(21-10-6-19(16-31)23(29)15-21)27(38-13-3-12-37-38)33(28)20-8-4-17(5-9-20)18-7-11-22(25(34)35)24(30)14-18/h3-11,13-15H,12H2,1-2H3,(H,34,35). The van der Waals surface area contributed by atoms with Gasteiger partial charge in [0.15, 0.2) is 5.11 Å². The van der Waals surface area contributed by atoms with Crippen LogP contribution in [-0.4, -0.2) is 34.2 Å². The third-order valence-electron chi connectivity index (χ3n) is 6.35. The van der Waals surface area contributed by atoms with Gasteiger partial charge in [0.25, 0.3) is 5.91 Å². The van der Waals surface area contributed by atoms with Gasteiger partial charge >= 0.3 is 5.97 Å². The van der Waals surface area contributed by atoms with Gasteiger partial charge in [-0.25, -0.2) is 9.18 Å². The summed E-state index contributed by atoms with van der Waals surface area (Å²) in [4.78, 5) is 28.5. The first-order valence-electron chi connectivity index (χ1n) is 11.5. The zero-order valence-electron chi connectivity index (χ0n) is 20.3. The highest BCUT2D eigenvalue weighted by Gasteiger charge is 2.51. The maximum absolute atomic E-state index is 14.3. The molecule has 5 rings (SSSR count). The minimum Gasteiger partial charge on any atom is -0.478 e. The van der Waals surface area contributed by atoms with E-state index >= 15 is 0 Å². The molecule has 1 N–H and O–H groups in total. The number of hydrogen-bond acceptors (Lipinski definition) is 4. The Morgan fingerprint density at radius 1 is 1.11 bits per heavy atom. The molecule has 2 heterocycles. The van der Waals surface area contributed by atoms with Gasteiger partial charge in [0, 0.05) is 16.5 Å². The number of carboxylic acids is 1. The Kier molecular flexibility index (Phi) is 6.57. The van der Waals surface area contributed by atoms with E-state index in [4.69, 9.17) is 20.9 Å². The average molecular weight is 550 g/mol. The first-order chi connectivity index (χ1) is 18.1. The highest BCUT2D eigenvalue weighted by atomic mass is 35.5. The summed E-state index contributed by atoms with van der Waals surface area (Å²) in [5, 5.41) is 21.1. The molecule has 0 saturated carbocycles. The summed E-state index contributed by atoms with van der Waals surface area (Å²) in [6, 6.07) is 18.1. The Morgan fingerprint density at radius 2 is 1.79 bits per heavy atom. The Balaban J connectivity index is 1.59. The van der Waals surface area contributed by atoms with Gasteiger partial charge in [-0.15, -0.1) is 0 Å². The van der Waals surface area contributed by atoms with E-state index in [-0.39, 0.29) is 10.9 Å². The predicted molar refractivity (Wildman–Crippen MR) is 147 cm³/mol. The van der Waals surface area contributed by atoms with Gasteiger partial charge in [0.05, 0.1) is 28.4 Å². The molecule has 0 aliphatic carbocycles. The van der Waals surface area contributed by atoms with Crippen molar-refractivity contribution in [3.8, 4) is 17.2 Å². The van der Waals surface area contributed by atoms with E-state index in [1.54, 1.807) is 41.3 Å². The van der Waals surface area contributed by atoms with Crippen LogP contribution in [0.3, 0.4) is 0 Å². The second-order valence-electron chi connectivity index (χ2n) is 9.09. The van der Waals surface area contributed by atoms with Gasteiger partial charge in [-0.3, -0.25) is 9.69 Å². The van der Waals surface area contributed by atoms with Crippen molar-refractivity contribution in [3.05, 3.63) is 94.1 Å². The lowest BCUT2D eigenvalue weighted by Gasteiger charge is -2.31. The first kappa shape index (κ1) is 25.7. The number of carbonyl (C=O) groups excluding carboxylic acids is 1. The van der Waals surface area contributed by atoms with E-state index in [0.717, 1.165) is 0 Å². The zero-order chi connectivity index (χ0) is 27.2. The smallest absolute Gasteiger partial charge is 0.338 e. The fourth-order valence-electron chi connectivity index (χ4n) is 4.43. The molecule has 7 nitrogen and oxygen atoms in total. The fraction of sp³-hybridized carbons (Fsp3) is 0.143. The van der Waals surface area contributed by atoms with Crippen molar-refractivity contribution >= 4 is 50.7 Å². The van der Waals surface area contributed by atoms with Gasteiger partial charge < -0.3 is 14.2 Å². The fourth-order valence-corrected chi connectivity index (χ4v) is 6.32. The largest absolute Gasteiger partial charge is 0.478 e. The lowest BCUT2D eigenvalue weighted by Crippen LogP contribution is -2.44. The highest BCUT2D eigenvalue weighted by Crippen LogP contribution is 2.42. The summed E-state index contributed by atoms with van der Waals surface area (Å²) in [6.45, 7) is 4.04. The Hall–Kier alpha value is -3.97. The number of amides is 1. The number of benzene rings is 3. The number of nitriles is 1. The summed E-state index contributed by atoms with van der Waals surface area (Å²) in [5.74, 6) is -2.34. The third-order valence-corrected chi connectivity index (χ3v) is 8.22. The van der Waals surface area contributed by atoms with Crippen molar-refractivity contribution in [3.63, 3.8) is 0 Å². The molecule has 1 atom stereocenters. The van der Waals surface area contributed by atoms with Crippen LogP contribution in [0.1, 0.15) is 29.8 Å². The minimum absolute atomic E-state index is 0.194. The predicted octanol–water partition coefficient (Wildman–Crippen LogP) is 6.16. The summed E-state index contributed by atoms with van der Waals surface area (Å²) >= 11 is 6.32. The molecule has 0 aromatic heterocycles. The second-order valence-corrected chi connectivity index (χ2v) is 11.0. The molecule has 2 aliphatic heterocycles. The van der Waals surface area contributed by atoms with Crippen LogP contribution >= 0.6 is 22.4 Å². The topological polar surface area (TPSA) is 93.9 Å². The molecule has 0 radical (unpaired) electrons. The maximum Gasteiger partial charge on any atom is 0.338 e. The van der Waals surface area contributed by atoms with Crippen LogP contribution in [-0.2, 0) is 8.98 Å². The van der Waals surface area contributed by atoms with E-state index in [1.165, 1.54) is 12.1 Å². The molecule has 2 aliphatic rings. The Labute approximate surface area is 226 Å². The third kappa shape index (κ3) is 4.27. The molecule has 1 unspecified atom stereocenters. The van der Waals surface area contributed by atoms with Crippen LogP contribution in [0.4, 0.5) is 15.8 Å². The summed E-state index contributed by atoms with van der Waals surface area (Å²) in [7, 11) is -0.843. The number of halogens is 2. The molecule has 0 spiro atoms. The van der Waals surface area contributed by atoms with E-state index in [9.17, 15) is 19.2 Å². The molecular formula is C28H21ClFN3O4S. The number of nitrogens with zero attached hydrogens (tertiary/aromatic N) is 3. The molecule has 1 saturated heterocycles. The normalized spacial score (nSPS) is 19.2. The molecule has 10 heteroatoms. The van der Waals surface area contributed by atoms with Crippen LogP contribution in [0, 0.1) is 17.1 Å². The number of carboxylic acid groups (broad SMARTS) is 1. The van der Waals surface area contributed by atoms with Crippen LogP contribution in [0.25, 0.3) is 11.1 Å². The Bertz CT molecular complexity index is 1590. The lowest BCUT2D eigenvalue weighted by molar-refractivity contribution is -0.120. The molecule has 1 fully saturated rings. The monoisotopic (exact) mass is 549 g/mol. The Morgan fingerprint density at radius 3 is 2.37 bits per heavy atom. The SMILES string of the molecule is CC1(C)C(=O)N(c2ccc(C#N)c(Cl)c2)C(=S2C=CCO2)N1c1ccc(-c2ccc(C(=O)O)c(F)c2)cc1. The van der Waals surface area contributed by atoms with Crippen molar-refractivity contribution in [2.24, 2.45) is 0 Å². The number of hydrogen-bond donors (Lipinski definition) is 1. The van der Waals surface area contributed by atoms with E-state index in [2.05, 4.69) is 0 Å². The van der Waals surface area contributed by atoms with Crippen molar-refractivity contribution in [1.82, 2.24) is 0 Å². The van der Waals surface area contributed by atoms with Gasteiger partial charge in [-0.2, -0.15) is 5.26 Å². The van der Waals surface area contributed by atoms with Crippen molar-refractivity contribution in [2.75, 3.05) is 16.4 Å². The summed E-state index contributed by atoms with van der Waals surface area (Å²) in [6.07, 6.45) is 1.90. The van der Waals surface area contributed by atoms with Gasteiger partial charge in [-0.1, -0.05) is 29.8 Å². The molecule has 3 aromatic carbocycles.